The fraction of sp³-hybridized carbons (Fsp3) is 0.444. The van der Waals surface area contributed by atoms with Gasteiger partial charge in [-0.1, -0.05) is 25.4 Å². The topological polar surface area (TPSA) is 56.6 Å². The van der Waals surface area contributed by atoms with Crippen LogP contribution in [0.15, 0.2) is 24.3 Å². The molecule has 0 aliphatic heterocycles. The summed E-state index contributed by atoms with van der Waals surface area (Å²) in [5, 5.41) is 6.16. The molecular weight excluding hydrogens is 342 g/mol. The van der Waals surface area contributed by atoms with Crippen LogP contribution in [0.5, 0.6) is 5.75 Å². The molecule has 1 amide bonds. The van der Waals surface area contributed by atoms with Gasteiger partial charge in [-0.15, -0.1) is 0 Å². The fourth-order valence-corrected chi connectivity index (χ4v) is 2.44. The summed E-state index contributed by atoms with van der Waals surface area (Å²) in [5.41, 5.74) is 2.11. The zero-order chi connectivity index (χ0) is 18.6. The third kappa shape index (κ3) is 4.96. The summed E-state index contributed by atoms with van der Waals surface area (Å²) >= 11 is 6.14. The number of hydrogen-bond acceptors (Lipinski definition) is 4. The molecule has 2 aromatic rings. The number of rotatable bonds is 7. The molecule has 136 valence electrons. The molecule has 0 N–H and O–H groups in total. The minimum Gasteiger partial charge on any atom is -0.493 e. The van der Waals surface area contributed by atoms with Crippen molar-refractivity contribution in [2.24, 2.45) is 5.92 Å². The molecule has 0 bridgehead atoms. The highest BCUT2D eigenvalue weighted by atomic mass is 35.5. The smallest absolute Gasteiger partial charge is 0.297 e. The molecule has 0 fully saturated rings. The van der Waals surface area contributed by atoms with Crippen molar-refractivity contribution >= 4 is 17.5 Å². The van der Waals surface area contributed by atoms with E-state index in [1.54, 1.807) is 23.9 Å². The van der Waals surface area contributed by atoms with Gasteiger partial charge in [-0.05, 0) is 37.1 Å². The molecule has 0 saturated carbocycles. The molecule has 0 spiro atoms. The average Bonchev–Trinajstić information content (AvgIpc) is 2.93. The van der Waals surface area contributed by atoms with Crippen molar-refractivity contribution in [3.63, 3.8) is 0 Å². The zero-order valence-corrected chi connectivity index (χ0v) is 16.0. The number of nitrogens with zero attached hydrogens (tertiary/aromatic N) is 3. The van der Waals surface area contributed by atoms with E-state index in [1.165, 1.54) is 7.11 Å². The first-order chi connectivity index (χ1) is 11.8. The molecule has 7 heteroatoms. The normalized spacial score (nSPS) is 11.0. The molecule has 0 aliphatic carbocycles. The first-order valence-corrected chi connectivity index (χ1v) is 8.47. The Kier molecular flexibility index (Phi) is 6.45. The minimum absolute atomic E-state index is 0.299. The number of carbonyl (C=O) groups excluding carboxylic acids is 1. The van der Waals surface area contributed by atoms with Gasteiger partial charge >= 0.3 is 0 Å². The lowest BCUT2D eigenvalue weighted by molar-refractivity contribution is -0.0760. The molecular formula is C18H24ClN3O3. The first kappa shape index (κ1) is 19.3. The number of ether oxygens (including phenoxy) is 1. The van der Waals surface area contributed by atoms with Crippen LogP contribution in [-0.2, 0) is 11.4 Å². The van der Waals surface area contributed by atoms with Crippen LogP contribution in [0.25, 0.3) is 0 Å². The van der Waals surface area contributed by atoms with E-state index in [2.05, 4.69) is 18.9 Å². The summed E-state index contributed by atoms with van der Waals surface area (Å²) in [6.07, 6.45) is 0. The molecule has 1 aromatic carbocycles. The molecule has 0 aliphatic rings. The van der Waals surface area contributed by atoms with E-state index in [0.29, 0.717) is 29.8 Å². The van der Waals surface area contributed by atoms with E-state index in [1.807, 2.05) is 19.1 Å². The van der Waals surface area contributed by atoms with Crippen LogP contribution in [0.4, 0.5) is 0 Å². The summed E-state index contributed by atoms with van der Waals surface area (Å²) in [6.45, 7) is 7.17. The predicted molar refractivity (Wildman–Crippen MR) is 97.0 cm³/mol. The Morgan fingerprint density at radius 1 is 1.36 bits per heavy atom. The van der Waals surface area contributed by atoms with Gasteiger partial charge in [0.2, 0.25) is 0 Å². The summed E-state index contributed by atoms with van der Waals surface area (Å²) in [4.78, 5) is 17.1. The van der Waals surface area contributed by atoms with E-state index < -0.39 is 0 Å². The van der Waals surface area contributed by atoms with E-state index in [4.69, 9.17) is 21.2 Å². The Morgan fingerprint density at radius 2 is 2.08 bits per heavy atom. The monoisotopic (exact) mass is 365 g/mol. The molecule has 6 nitrogen and oxygen atoms in total. The van der Waals surface area contributed by atoms with Crippen LogP contribution in [0, 0.1) is 12.8 Å². The van der Waals surface area contributed by atoms with Crippen LogP contribution in [0.3, 0.4) is 0 Å². The van der Waals surface area contributed by atoms with Crippen molar-refractivity contribution in [2.75, 3.05) is 20.8 Å². The Hall–Kier alpha value is -2.05. The Morgan fingerprint density at radius 3 is 2.72 bits per heavy atom. The molecule has 0 radical (unpaired) electrons. The number of aromatic nitrogens is 2. The second kappa shape index (κ2) is 8.36. The fourth-order valence-electron chi connectivity index (χ4n) is 2.25. The lowest BCUT2D eigenvalue weighted by atomic mass is 10.2. The van der Waals surface area contributed by atoms with Gasteiger partial charge in [0.1, 0.15) is 5.75 Å². The van der Waals surface area contributed by atoms with Crippen molar-refractivity contribution < 1.29 is 14.4 Å². The highest BCUT2D eigenvalue weighted by Crippen LogP contribution is 2.25. The van der Waals surface area contributed by atoms with Crippen LogP contribution in [-0.4, -0.2) is 41.5 Å². The second-order valence-electron chi connectivity index (χ2n) is 6.27. The zero-order valence-electron chi connectivity index (χ0n) is 15.2. The Bertz CT molecular complexity index is 743. The summed E-state index contributed by atoms with van der Waals surface area (Å²) in [7, 11) is 2.98. The van der Waals surface area contributed by atoms with Gasteiger partial charge in [-0.2, -0.15) is 5.10 Å². The quantitative estimate of drug-likeness (QED) is 0.704. The molecule has 0 saturated heterocycles. The number of hydroxylamine groups is 2. The maximum absolute atomic E-state index is 12.2. The molecule has 0 unspecified atom stereocenters. The highest BCUT2D eigenvalue weighted by Gasteiger charge is 2.17. The van der Waals surface area contributed by atoms with Crippen LogP contribution >= 0.6 is 11.6 Å². The largest absolute Gasteiger partial charge is 0.493 e. The summed E-state index contributed by atoms with van der Waals surface area (Å²) < 4.78 is 7.64. The van der Waals surface area contributed by atoms with Crippen molar-refractivity contribution in [3.8, 4) is 5.75 Å². The molecule has 25 heavy (non-hydrogen) atoms. The van der Waals surface area contributed by atoms with Gasteiger partial charge in [0, 0.05) is 23.3 Å². The maximum Gasteiger partial charge on any atom is 0.297 e. The maximum atomic E-state index is 12.2. The summed E-state index contributed by atoms with van der Waals surface area (Å²) in [5.74, 6) is 0.894. The van der Waals surface area contributed by atoms with Crippen LogP contribution in [0.1, 0.15) is 35.6 Å². The van der Waals surface area contributed by atoms with Gasteiger partial charge in [0.05, 0.1) is 20.3 Å². The van der Waals surface area contributed by atoms with Gasteiger partial charge in [0.25, 0.3) is 5.91 Å². The number of amides is 1. The van der Waals surface area contributed by atoms with E-state index in [9.17, 15) is 4.79 Å². The molecule has 2 rings (SSSR count). The predicted octanol–water partition coefficient (Wildman–Crippen LogP) is 3.56. The number of carbonyl (C=O) groups is 1. The highest BCUT2D eigenvalue weighted by molar-refractivity contribution is 6.30. The third-order valence-electron chi connectivity index (χ3n) is 3.67. The molecule has 1 heterocycles. The SMILES string of the molecule is CON(C)C(=O)c1cc(C)n(Cc2cc(Cl)ccc2OCC(C)C)n1. The van der Waals surface area contributed by atoms with Crippen molar-refractivity contribution in [2.45, 2.75) is 27.3 Å². The number of halogens is 1. The van der Waals surface area contributed by atoms with Crippen molar-refractivity contribution in [1.29, 1.82) is 0 Å². The lowest BCUT2D eigenvalue weighted by Crippen LogP contribution is -2.26. The van der Waals surface area contributed by atoms with E-state index in [0.717, 1.165) is 22.1 Å². The van der Waals surface area contributed by atoms with Crippen LogP contribution < -0.4 is 4.74 Å². The Balaban J connectivity index is 2.26. The first-order valence-electron chi connectivity index (χ1n) is 8.09. The van der Waals surface area contributed by atoms with Gasteiger partial charge in [0.15, 0.2) is 5.69 Å². The lowest BCUT2D eigenvalue weighted by Gasteiger charge is -2.14. The minimum atomic E-state index is -0.299. The number of benzene rings is 1. The van der Waals surface area contributed by atoms with Crippen molar-refractivity contribution in [3.05, 3.63) is 46.2 Å². The average molecular weight is 366 g/mol. The van der Waals surface area contributed by atoms with E-state index in [-0.39, 0.29) is 5.91 Å². The standard InChI is InChI=1S/C18H24ClN3O3/c1-12(2)11-25-17-7-6-15(19)9-14(17)10-22-13(3)8-16(20-22)18(23)21(4)24-5/h6-9,12H,10-11H2,1-5H3. The number of aryl methyl sites for hydroxylation is 1. The van der Waals surface area contributed by atoms with Gasteiger partial charge in [-0.25, -0.2) is 5.06 Å². The second-order valence-corrected chi connectivity index (χ2v) is 6.71. The van der Waals surface area contributed by atoms with E-state index >= 15 is 0 Å². The molecule has 1 aromatic heterocycles. The van der Waals surface area contributed by atoms with Gasteiger partial charge in [-0.3, -0.25) is 14.3 Å². The number of hydrogen-bond donors (Lipinski definition) is 0. The molecule has 0 atom stereocenters. The van der Waals surface area contributed by atoms with Crippen LogP contribution in [0.2, 0.25) is 5.02 Å². The van der Waals surface area contributed by atoms with Crippen molar-refractivity contribution in [1.82, 2.24) is 14.8 Å². The third-order valence-corrected chi connectivity index (χ3v) is 3.91. The van der Waals surface area contributed by atoms with Gasteiger partial charge < -0.3 is 4.74 Å². The Labute approximate surface area is 153 Å². The summed E-state index contributed by atoms with van der Waals surface area (Å²) in [6, 6.07) is 7.26.